The van der Waals surface area contributed by atoms with E-state index in [9.17, 15) is 9.90 Å². The van der Waals surface area contributed by atoms with E-state index in [0.717, 1.165) is 21.9 Å². The zero-order chi connectivity index (χ0) is 34.5. The zero-order valence-electron chi connectivity index (χ0n) is 28.1. The summed E-state index contributed by atoms with van der Waals surface area (Å²) in [6.45, 7) is 2.66. The Bertz CT molecular complexity index is 2000. The summed E-state index contributed by atoms with van der Waals surface area (Å²) in [7, 11) is 0. The molecule has 3 amide bonds. The molecule has 254 valence electrons. The first-order chi connectivity index (χ1) is 24.4. The van der Waals surface area contributed by atoms with E-state index >= 15 is 9.59 Å². The highest BCUT2D eigenvalue weighted by Gasteiger charge is 2.76. The minimum Gasteiger partial charge on any atom is -0.394 e. The van der Waals surface area contributed by atoms with Crippen LogP contribution in [0.4, 0.5) is 5.69 Å². The Morgan fingerprint density at radius 2 is 1.44 bits per heavy atom. The Hall–Kier alpha value is -5.05. The van der Waals surface area contributed by atoms with Crippen LogP contribution in [0.3, 0.4) is 0 Å². The largest absolute Gasteiger partial charge is 0.394 e. The standard InChI is InChI=1S/C42H41N3O5/c1-2-41-21-11-23-43(27-30-15-7-4-8-16-30)38(47)35(41)36-39(48)45(34(28-46)25-29-13-5-3-6-14-29)37-40(49)44(24-12-22-42(36,37)50-41)33-20-19-31-17-9-10-18-32(31)26-33/h3-22,26,34-37,46H,2,23-25,27-28H2,1H3/t34-,35+,36+,37?,41-,42+/m1/s1. The smallest absolute Gasteiger partial charge is 0.253 e. The Morgan fingerprint density at radius 3 is 2.16 bits per heavy atom. The van der Waals surface area contributed by atoms with Crippen LogP contribution in [0.25, 0.3) is 10.8 Å². The van der Waals surface area contributed by atoms with Gasteiger partial charge in [-0.2, -0.15) is 0 Å². The summed E-state index contributed by atoms with van der Waals surface area (Å²) < 4.78 is 7.20. The third kappa shape index (κ3) is 5.08. The average molecular weight is 668 g/mol. The van der Waals surface area contributed by atoms with Crippen molar-refractivity contribution in [2.24, 2.45) is 11.8 Å². The summed E-state index contributed by atoms with van der Waals surface area (Å²) in [5.74, 6) is -2.64. The summed E-state index contributed by atoms with van der Waals surface area (Å²) >= 11 is 0. The molecule has 1 unspecified atom stereocenters. The summed E-state index contributed by atoms with van der Waals surface area (Å²) in [6.07, 6.45) is 8.50. The van der Waals surface area contributed by atoms with Gasteiger partial charge in [-0.3, -0.25) is 14.4 Å². The molecule has 6 atom stereocenters. The van der Waals surface area contributed by atoms with Crippen LogP contribution < -0.4 is 4.90 Å². The van der Waals surface area contributed by atoms with Crippen molar-refractivity contribution in [1.29, 1.82) is 0 Å². The van der Waals surface area contributed by atoms with E-state index in [4.69, 9.17) is 4.74 Å². The molecule has 4 aliphatic rings. The second-order valence-electron chi connectivity index (χ2n) is 13.9. The van der Waals surface area contributed by atoms with Gasteiger partial charge in [0, 0.05) is 25.3 Å². The molecule has 0 radical (unpaired) electrons. The predicted molar refractivity (Wildman–Crippen MR) is 192 cm³/mol. The minimum absolute atomic E-state index is 0.170. The number of aliphatic hydroxyl groups is 1. The van der Waals surface area contributed by atoms with E-state index in [0.29, 0.717) is 31.6 Å². The molecule has 0 bridgehead atoms. The molecule has 8 rings (SSSR count). The van der Waals surface area contributed by atoms with Crippen LogP contribution in [-0.2, 0) is 32.1 Å². The van der Waals surface area contributed by atoms with Crippen LogP contribution in [0.15, 0.2) is 127 Å². The summed E-state index contributed by atoms with van der Waals surface area (Å²) in [5.41, 5.74) is 0.102. The molecule has 4 aliphatic heterocycles. The second-order valence-corrected chi connectivity index (χ2v) is 13.9. The maximum Gasteiger partial charge on any atom is 0.253 e. The quantitative estimate of drug-likeness (QED) is 0.258. The van der Waals surface area contributed by atoms with Gasteiger partial charge < -0.3 is 24.5 Å². The molecule has 8 heteroatoms. The van der Waals surface area contributed by atoms with Gasteiger partial charge in [0.25, 0.3) is 5.91 Å². The third-order valence-corrected chi connectivity index (χ3v) is 11.1. The summed E-state index contributed by atoms with van der Waals surface area (Å²) in [6, 6.07) is 31.6. The van der Waals surface area contributed by atoms with E-state index < -0.39 is 35.1 Å². The van der Waals surface area contributed by atoms with E-state index in [-0.39, 0.29) is 30.9 Å². The SMILES string of the molecule is CC[C@@]12C=CCN(Cc3ccccc3)C(=O)[C@@H]1[C@H]1C(=O)N([C@@H](CO)Cc3ccccc3)C3C(=O)N(c4ccc5ccccc5c4)CC=C[C@@]31O2. The summed E-state index contributed by atoms with van der Waals surface area (Å²) in [5, 5.41) is 13.0. The number of hydrogen-bond donors (Lipinski definition) is 1. The molecule has 8 nitrogen and oxygen atoms in total. The number of anilines is 1. The predicted octanol–water partition coefficient (Wildman–Crippen LogP) is 5.31. The van der Waals surface area contributed by atoms with Crippen molar-refractivity contribution in [1.82, 2.24) is 9.80 Å². The lowest BCUT2D eigenvalue weighted by atomic mass is 9.73. The average Bonchev–Trinajstić information content (AvgIpc) is 3.45. The fourth-order valence-electron chi connectivity index (χ4n) is 8.80. The number of hydrogen-bond acceptors (Lipinski definition) is 5. The number of amides is 3. The lowest BCUT2D eigenvalue weighted by molar-refractivity contribution is -0.152. The van der Waals surface area contributed by atoms with Crippen molar-refractivity contribution < 1.29 is 24.2 Å². The molecule has 2 fully saturated rings. The fraction of sp³-hybridized carbons (Fsp3) is 0.310. The number of rotatable bonds is 8. The van der Waals surface area contributed by atoms with Gasteiger partial charge in [0.15, 0.2) is 0 Å². The monoisotopic (exact) mass is 667 g/mol. The van der Waals surface area contributed by atoms with Gasteiger partial charge in [0.1, 0.15) is 11.6 Å². The number of ether oxygens (including phenoxy) is 1. The molecule has 1 N–H and O–H groups in total. The van der Waals surface area contributed by atoms with E-state index in [1.165, 1.54) is 0 Å². The second kappa shape index (κ2) is 12.7. The molecule has 0 saturated carbocycles. The molecule has 50 heavy (non-hydrogen) atoms. The number of carbonyl (C=O) groups is 3. The minimum atomic E-state index is -1.43. The Balaban J connectivity index is 1.25. The van der Waals surface area contributed by atoms with Crippen molar-refractivity contribution in [3.05, 3.63) is 139 Å². The number of likely N-dealkylation sites (tertiary alicyclic amines) is 1. The van der Waals surface area contributed by atoms with Gasteiger partial charge >= 0.3 is 0 Å². The number of nitrogens with zero attached hydrogens (tertiary/aromatic N) is 3. The molecule has 4 heterocycles. The van der Waals surface area contributed by atoms with Crippen LogP contribution in [0.5, 0.6) is 0 Å². The Kier molecular flexibility index (Phi) is 8.16. The van der Waals surface area contributed by atoms with Gasteiger partial charge in [-0.15, -0.1) is 0 Å². The van der Waals surface area contributed by atoms with Gasteiger partial charge in [-0.1, -0.05) is 122 Å². The lowest BCUT2D eigenvalue weighted by Gasteiger charge is -2.41. The number of carbonyl (C=O) groups excluding carboxylic acids is 3. The fourth-order valence-corrected chi connectivity index (χ4v) is 8.80. The first-order valence-corrected chi connectivity index (χ1v) is 17.5. The maximum atomic E-state index is 15.2. The normalized spacial score (nSPS) is 28.0. The number of benzene rings is 4. The van der Waals surface area contributed by atoms with E-state index in [1.807, 2.05) is 134 Å². The number of aliphatic hydroxyl groups excluding tert-OH is 1. The molecule has 0 aliphatic carbocycles. The van der Waals surface area contributed by atoms with Crippen LogP contribution in [0, 0.1) is 11.8 Å². The van der Waals surface area contributed by atoms with Crippen LogP contribution >= 0.6 is 0 Å². The molecule has 1 spiro atoms. The van der Waals surface area contributed by atoms with Gasteiger partial charge in [0.05, 0.1) is 30.1 Å². The highest BCUT2D eigenvalue weighted by atomic mass is 16.5. The topological polar surface area (TPSA) is 90.4 Å². The van der Waals surface area contributed by atoms with Crippen molar-refractivity contribution >= 4 is 34.2 Å². The molecule has 4 aromatic carbocycles. The zero-order valence-corrected chi connectivity index (χ0v) is 28.1. The lowest BCUT2D eigenvalue weighted by Crippen LogP contribution is -2.59. The van der Waals surface area contributed by atoms with Crippen molar-refractivity contribution in [3.8, 4) is 0 Å². The first-order valence-electron chi connectivity index (χ1n) is 17.5. The van der Waals surface area contributed by atoms with Crippen LogP contribution in [0.2, 0.25) is 0 Å². The van der Waals surface area contributed by atoms with Crippen molar-refractivity contribution in [2.75, 3.05) is 24.6 Å². The summed E-state index contributed by atoms with van der Waals surface area (Å²) in [4.78, 5) is 50.3. The molecule has 4 aromatic rings. The number of fused-ring (bicyclic) bond motifs is 3. The maximum absolute atomic E-state index is 15.2. The van der Waals surface area contributed by atoms with Crippen LogP contribution in [0.1, 0.15) is 24.5 Å². The molecular formula is C42H41N3O5. The van der Waals surface area contributed by atoms with E-state index in [1.54, 1.807) is 14.7 Å². The molecule has 2 saturated heterocycles. The van der Waals surface area contributed by atoms with Gasteiger partial charge in [-0.25, -0.2) is 0 Å². The van der Waals surface area contributed by atoms with Crippen molar-refractivity contribution in [3.63, 3.8) is 0 Å². The highest BCUT2D eigenvalue weighted by Crippen LogP contribution is 2.59. The first kappa shape index (κ1) is 32.2. The van der Waals surface area contributed by atoms with Gasteiger partial charge in [-0.05, 0) is 46.9 Å². The van der Waals surface area contributed by atoms with Crippen molar-refractivity contribution in [2.45, 2.75) is 49.6 Å². The third-order valence-electron chi connectivity index (χ3n) is 11.1. The van der Waals surface area contributed by atoms with Gasteiger partial charge in [0.2, 0.25) is 11.8 Å². The Morgan fingerprint density at radius 1 is 0.760 bits per heavy atom. The Labute approximate surface area is 292 Å². The molecule has 0 aromatic heterocycles. The van der Waals surface area contributed by atoms with E-state index in [2.05, 4.69) is 0 Å². The molecular weight excluding hydrogens is 626 g/mol. The van der Waals surface area contributed by atoms with Crippen LogP contribution in [-0.4, -0.2) is 75.6 Å². The highest BCUT2D eigenvalue weighted by molar-refractivity contribution is 6.07.